The topological polar surface area (TPSA) is 78.0 Å². The number of hydrogen-bond acceptors (Lipinski definition) is 3. The monoisotopic (exact) mass is 451 g/mol. The van der Waals surface area contributed by atoms with Crippen LogP contribution in [0.4, 0.5) is 17.6 Å². The third kappa shape index (κ3) is 5.51. The second kappa shape index (κ2) is 8.53. The lowest BCUT2D eigenvalue weighted by Gasteiger charge is -2.08. The molecule has 0 amide bonds. The van der Waals surface area contributed by atoms with Crippen LogP contribution in [-0.2, 0) is 36.1 Å². The van der Waals surface area contributed by atoms with E-state index in [1.54, 1.807) is 11.7 Å². The van der Waals surface area contributed by atoms with Gasteiger partial charge in [0.05, 0.1) is 23.0 Å². The number of hydrogen-bond donors (Lipinski definition) is 1. The Hall–Kier alpha value is -3.16. The highest BCUT2D eigenvalue weighted by Crippen LogP contribution is 2.29. The molecule has 10 heteroatoms. The summed E-state index contributed by atoms with van der Waals surface area (Å²) in [4.78, 5) is -0.614. The van der Waals surface area contributed by atoms with E-state index < -0.39 is 32.5 Å². The maximum Gasteiger partial charge on any atom is 0.416 e. The van der Waals surface area contributed by atoms with Gasteiger partial charge in [0.25, 0.3) is 0 Å². The Balaban J connectivity index is 1.77. The van der Waals surface area contributed by atoms with E-state index in [-0.39, 0.29) is 5.56 Å². The minimum absolute atomic E-state index is 0.252. The maximum atomic E-state index is 14.0. The molecular weight excluding hydrogens is 434 g/mol. The van der Waals surface area contributed by atoms with Gasteiger partial charge in [-0.15, -0.1) is 0 Å². The van der Waals surface area contributed by atoms with E-state index in [0.29, 0.717) is 18.4 Å². The molecule has 0 atom stereocenters. The molecule has 0 saturated carbocycles. The Bertz CT molecular complexity index is 1270. The summed E-state index contributed by atoms with van der Waals surface area (Å²) in [5, 5.41) is 9.08. The van der Waals surface area contributed by atoms with E-state index in [1.807, 2.05) is 0 Å². The Morgan fingerprint density at radius 2 is 1.74 bits per heavy atom. The van der Waals surface area contributed by atoms with Crippen molar-refractivity contribution in [3.63, 3.8) is 0 Å². The van der Waals surface area contributed by atoms with E-state index in [4.69, 9.17) is 5.14 Å². The predicted molar refractivity (Wildman–Crippen MR) is 106 cm³/mol. The average molecular weight is 451 g/mol. The zero-order valence-electron chi connectivity index (χ0n) is 16.2. The van der Waals surface area contributed by atoms with Crippen LogP contribution in [0.2, 0.25) is 0 Å². The molecule has 0 bridgehead atoms. The van der Waals surface area contributed by atoms with Gasteiger partial charge in [-0.2, -0.15) is 18.3 Å². The van der Waals surface area contributed by atoms with E-state index >= 15 is 0 Å². The van der Waals surface area contributed by atoms with Crippen LogP contribution in [0.1, 0.15) is 27.9 Å². The number of halogens is 4. The van der Waals surface area contributed by atoms with Crippen LogP contribution in [0, 0.1) is 17.7 Å². The van der Waals surface area contributed by atoms with Gasteiger partial charge in [0.2, 0.25) is 10.0 Å². The standard InChI is InChI=1S/C21H17F4N3O2S/c1-28-19(10-5-14-3-8-17(9-4-14)21(23,24)25)16(13-27-28)7-2-15-6-11-20(18(22)12-15)31(26,29)30/h3-4,6,8-9,11-13H,5,10H2,1H3,(H2,26,29,30). The van der Waals surface area contributed by atoms with Crippen LogP contribution in [0.5, 0.6) is 0 Å². The summed E-state index contributed by atoms with van der Waals surface area (Å²) in [5.41, 5.74) is 1.61. The number of primary sulfonamides is 1. The first-order chi connectivity index (χ1) is 14.4. The molecule has 0 fully saturated rings. The summed E-state index contributed by atoms with van der Waals surface area (Å²) in [6.07, 6.45) is -1.89. The van der Waals surface area contributed by atoms with Crippen molar-refractivity contribution in [3.8, 4) is 11.8 Å². The molecule has 3 aromatic rings. The number of rotatable bonds is 4. The van der Waals surface area contributed by atoms with Crippen molar-refractivity contribution in [2.75, 3.05) is 0 Å². The van der Waals surface area contributed by atoms with Crippen LogP contribution >= 0.6 is 0 Å². The second-order valence-electron chi connectivity index (χ2n) is 6.76. The maximum absolute atomic E-state index is 14.0. The van der Waals surface area contributed by atoms with Gasteiger partial charge < -0.3 is 0 Å². The molecule has 2 N–H and O–H groups in total. The van der Waals surface area contributed by atoms with Crippen molar-refractivity contribution in [1.82, 2.24) is 9.78 Å². The number of aryl methyl sites for hydroxylation is 2. The molecular formula is C21H17F4N3O2S. The summed E-state index contributed by atoms with van der Waals surface area (Å²) < 4.78 is 76.2. The quantitative estimate of drug-likeness (QED) is 0.488. The van der Waals surface area contributed by atoms with Crippen molar-refractivity contribution >= 4 is 10.0 Å². The van der Waals surface area contributed by atoms with Gasteiger partial charge in [0, 0.05) is 12.6 Å². The van der Waals surface area contributed by atoms with Crippen LogP contribution in [0.25, 0.3) is 0 Å². The molecule has 0 aliphatic rings. The fraction of sp³-hybridized carbons (Fsp3) is 0.190. The SMILES string of the molecule is Cn1ncc(C#Cc2ccc(S(N)(=O)=O)c(F)c2)c1CCc1ccc(C(F)(F)F)cc1. The Morgan fingerprint density at radius 3 is 2.32 bits per heavy atom. The summed E-state index contributed by atoms with van der Waals surface area (Å²) in [6.45, 7) is 0. The van der Waals surface area contributed by atoms with Crippen molar-refractivity contribution < 1.29 is 26.0 Å². The van der Waals surface area contributed by atoms with E-state index in [9.17, 15) is 26.0 Å². The highest BCUT2D eigenvalue weighted by molar-refractivity contribution is 7.89. The minimum Gasteiger partial charge on any atom is -0.271 e. The van der Waals surface area contributed by atoms with Crippen LogP contribution in [-0.4, -0.2) is 18.2 Å². The lowest BCUT2D eigenvalue weighted by Crippen LogP contribution is -2.14. The number of alkyl halides is 3. The normalized spacial score (nSPS) is 11.8. The highest BCUT2D eigenvalue weighted by atomic mass is 32.2. The van der Waals surface area contributed by atoms with Gasteiger partial charge in [-0.3, -0.25) is 4.68 Å². The number of benzene rings is 2. The summed E-state index contributed by atoms with van der Waals surface area (Å²) in [7, 11) is -2.45. The summed E-state index contributed by atoms with van der Waals surface area (Å²) >= 11 is 0. The molecule has 0 aliphatic heterocycles. The van der Waals surface area contributed by atoms with Gasteiger partial charge in [0.15, 0.2) is 0 Å². The third-order valence-corrected chi connectivity index (χ3v) is 5.52. The molecule has 0 spiro atoms. The van der Waals surface area contributed by atoms with Gasteiger partial charge >= 0.3 is 6.18 Å². The molecule has 5 nitrogen and oxygen atoms in total. The predicted octanol–water partition coefficient (Wildman–Crippen LogP) is 3.41. The van der Waals surface area contributed by atoms with Crippen molar-refractivity contribution in [2.45, 2.75) is 23.9 Å². The van der Waals surface area contributed by atoms with Gasteiger partial charge in [-0.25, -0.2) is 17.9 Å². The zero-order valence-corrected chi connectivity index (χ0v) is 17.1. The molecule has 1 aromatic heterocycles. The smallest absolute Gasteiger partial charge is 0.271 e. The van der Waals surface area contributed by atoms with E-state index in [2.05, 4.69) is 16.9 Å². The Kier molecular flexibility index (Phi) is 6.20. The lowest BCUT2D eigenvalue weighted by atomic mass is 10.0. The van der Waals surface area contributed by atoms with Gasteiger partial charge in [-0.05, 0) is 48.7 Å². The van der Waals surface area contributed by atoms with E-state index in [1.165, 1.54) is 24.4 Å². The molecule has 0 radical (unpaired) electrons. The first-order valence-electron chi connectivity index (χ1n) is 8.96. The molecule has 0 saturated heterocycles. The number of sulfonamides is 1. The van der Waals surface area contributed by atoms with Crippen molar-refractivity contribution in [3.05, 3.63) is 82.4 Å². The lowest BCUT2D eigenvalue weighted by molar-refractivity contribution is -0.137. The molecule has 0 unspecified atom stereocenters. The number of aromatic nitrogens is 2. The minimum atomic E-state index is -4.38. The Morgan fingerprint density at radius 1 is 1.06 bits per heavy atom. The molecule has 3 rings (SSSR count). The number of nitrogens with zero attached hydrogens (tertiary/aromatic N) is 2. The highest BCUT2D eigenvalue weighted by Gasteiger charge is 2.29. The fourth-order valence-electron chi connectivity index (χ4n) is 2.94. The van der Waals surface area contributed by atoms with Gasteiger partial charge in [-0.1, -0.05) is 24.0 Å². The second-order valence-corrected chi connectivity index (χ2v) is 8.29. The zero-order chi connectivity index (χ0) is 22.8. The van der Waals surface area contributed by atoms with E-state index in [0.717, 1.165) is 35.5 Å². The first kappa shape index (κ1) is 22.5. The summed E-state index contributed by atoms with van der Waals surface area (Å²) in [5.74, 6) is 4.63. The van der Waals surface area contributed by atoms with Crippen LogP contribution in [0.3, 0.4) is 0 Å². The molecule has 162 valence electrons. The van der Waals surface area contributed by atoms with Crippen LogP contribution < -0.4 is 5.14 Å². The first-order valence-corrected chi connectivity index (χ1v) is 10.5. The molecule has 0 aliphatic carbocycles. The largest absolute Gasteiger partial charge is 0.416 e. The summed E-state index contributed by atoms with van der Waals surface area (Å²) in [6, 6.07) is 8.31. The molecule has 1 heterocycles. The van der Waals surface area contributed by atoms with Crippen molar-refractivity contribution in [1.29, 1.82) is 0 Å². The molecule has 31 heavy (non-hydrogen) atoms. The Labute approximate surface area is 176 Å². The number of nitrogens with two attached hydrogens (primary N) is 1. The van der Waals surface area contributed by atoms with Gasteiger partial charge in [0.1, 0.15) is 10.7 Å². The van der Waals surface area contributed by atoms with Crippen molar-refractivity contribution in [2.24, 2.45) is 12.2 Å². The fourth-order valence-corrected chi connectivity index (χ4v) is 3.52. The molecule has 2 aromatic carbocycles. The third-order valence-electron chi connectivity index (χ3n) is 4.57. The average Bonchev–Trinajstić information content (AvgIpc) is 3.03. The van der Waals surface area contributed by atoms with Crippen LogP contribution in [0.15, 0.2) is 53.6 Å².